The van der Waals surface area contributed by atoms with E-state index in [0.717, 1.165) is 16.9 Å². The molecule has 0 saturated carbocycles. The van der Waals surface area contributed by atoms with Gasteiger partial charge in [0.2, 0.25) is 0 Å². The molecule has 5 rings (SSSR count). The molecule has 0 amide bonds. The van der Waals surface area contributed by atoms with Crippen molar-refractivity contribution >= 4 is 23.4 Å². The van der Waals surface area contributed by atoms with Crippen molar-refractivity contribution in [2.75, 3.05) is 19.8 Å². The Labute approximate surface area is 236 Å². The summed E-state index contributed by atoms with van der Waals surface area (Å²) in [4.78, 5) is 32.0. The fourth-order valence-electron chi connectivity index (χ4n) is 4.56. The average molecular weight is 555 g/mol. The van der Waals surface area contributed by atoms with Crippen molar-refractivity contribution in [3.8, 4) is 11.5 Å². The summed E-state index contributed by atoms with van der Waals surface area (Å²) in [6.07, 6.45) is 1.81. The maximum atomic E-state index is 13.8. The van der Waals surface area contributed by atoms with Crippen molar-refractivity contribution in [1.82, 2.24) is 4.57 Å². The van der Waals surface area contributed by atoms with Crippen molar-refractivity contribution in [2.45, 2.75) is 26.8 Å². The molecule has 0 spiro atoms. The maximum Gasteiger partial charge on any atom is 0.338 e. The van der Waals surface area contributed by atoms with Crippen LogP contribution >= 0.6 is 11.3 Å². The zero-order chi connectivity index (χ0) is 28.1. The molecule has 1 aliphatic heterocycles. The zero-order valence-electron chi connectivity index (χ0n) is 22.6. The molecule has 1 aromatic heterocycles. The molecule has 4 aromatic rings. The average Bonchev–Trinajstić information content (AvgIpc) is 3.26. The van der Waals surface area contributed by atoms with Crippen molar-refractivity contribution in [1.29, 1.82) is 0 Å². The van der Waals surface area contributed by atoms with Gasteiger partial charge in [-0.2, -0.15) is 0 Å². The summed E-state index contributed by atoms with van der Waals surface area (Å²) in [6, 6.07) is 24.3. The maximum absolute atomic E-state index is 13.8. The molecule has 0 N–H and O–H groups in total. The van der Waals surface area contributed by atoms with Gasteiger partial charge in [-0.1, -0.05) is 77.6 Å². The fourth-order valence-corrected chi connectivity index (χ4v) is 5.60. The number of carbonyl (C=O) groups is 1. The minimum Gasteiger partial charge on any atom is -0.490 e. The van der Waals surface area contributed by atoms with Crippen LogP contribution < -0.4 is 24.4 Å². The van der Waals surface area contributed by atoms with Crippen molar-refractivity contribution in [2.24, 2.45) is 4.99 Å². The minimum absolute atomic E-state index is 0.231. The molecule has 0 radical (unpaired) electrons. The third-order valence-corrected chi connectivity index (χ3v) is 7.45. The normalized spacial score (nSPS) is 14.9. The Morgan fingerprint density at radius 2 is 1.65 bits per heavy atom. The van der Waals surface area contributed by atoms with Gasteiger partial charge in [0.15, 0.2) is 4.80 Å². The lowest BCUT2D eigenvalue weighted by Gasteiger charge is -2.24. The Kier molecular flexibility index (Phi) is 8.26. The molecule has 8 heteroatoms. The molecule has 1 unspecified atom stereocenters. The van der Waals surface area contributed by atoms with Gasteiger partial charge in [-0.15, -0.1) is 0 Å². The predicted molar refractivity (Wildman–Crippen MR) is 155 cm³/mol. The number of carbonyl (C=O) groups excluding carboxylic acids is 1. The molecule has 0 fully saturated rings. The van der Waals surface area contributed by atoms with E-state index in [9.17, 15) is 9.59 Å². The molecule has 1 atom stereocenters. The van der Waals surface area contributed by atoms with E-state index >= 15 is 0 Å². The highest BCUT2D eigenvalue weighted by Gasteiger charge is 2.33. The third-order valence-electron chi connectivity index (χ3n) is 6.47. The predicted octanol–water partition coefficient (Wildman–Crippen LogP) is 4.56. The molecular formula is C32H30N2O5S. The number of para-hydroxylation sites is 1. The number of esters is 1. The lowest BCUT2D eigenvalue weighted by molar-refractivity contribution is -0.139. The number of fused-ring (bicyclic) bond motifs is 1. The molecule has 2 heterocycles. The summed E-state index contributed by atoms with van der Waals surface area (Å²) in [5.74, 6) is 0.955. The number of thiazole rings is 1. The Hall–Kier alpha value is -4.43. The summed E-state index contributed by atoms with van der Waals surface area (Å²) in [7, 11) is 0. The number of ether oxygens (including phenoxy) is 3. The van der Waals surface area contributed by atoms with Gasteiger partial charge in [-0.05, 0) is 50.6 Å². The highest BCUT2D eigenvalue weighted by Crippen LogP contribution is 2.30. The van der Waals surface area contributed by atoms with Crippen LogP contribution in [0.15, 0.2) is 99.9 Å². The van der Waals surface area contributed by atoms with E-state index in [1.54, 1.807) is 18.4 Å². The van der Waals surface area contributed by atoms with Gasteiger partial charge in [0.1, 0.15) is 24.7 Å². The quantitative estimate of drug-likeness (QED) is 0.224. The Morgan fingerprint density at radius 1 is 0.950 bits per heavy atom. The van der Waals surface area contributed by atoms with Crippen LogP contribution in [0.25, 0.3) is 6.08 Å². The molecule has 0 saturated heterocycles. The number of nitrogens with zero attached hydrogens (tertiary/aromatic N) is 2. The molecule has 0 aliphatic carbocycles. The minimum atomic E-state index is -0.635. The fraction of sp³-hybridized carbons (Fsp3) is 0.219. The number of rotatable bonds is 9. The van der Waals surface area contributed by atoms with Crippen LogP contribution in [0.3, 0.4) is 0 Å². The number of hydrogen-bond donors (Lipinski definition) is 0. The van der Waals surface area contributed by atoms with Crippen LogP contribution in [0.1, 0.15) is 36.6 Å². The van der Waals surface area contributed by atoms with E-state index in [-0.39, 0.29) is 12.2 Å². The first-order valence-electron chi connectivity index (χ1n) is 13.1. The van der Waals surface area contributed by atoms with Crippen LogP contribution in [0.2, 0.25) is 0 Å². The van der Waals surface area contributed by atoms with Crippen LogP contribution in [0.4, 0.5) is 0 Å². The smallest absolute Gasteiger partial charge is 0.338 e. The van der Waals surface area contributed by atoms with Crippen molar-refractivity contribution in [3.63, 3.8) is 0 Å². The largest absolute Gasteiger partial charge is 0.490 e. The molecular weight excluding hydrogens is 524 g/mol. The lowest BCUT2D eigenvalue weighted by Crippen LogP contribution is -2.39. The molecule has 40 heavy (non-hydrogen) atoms. The molecule has 0 bridgehead atoms. The topological polar surface area (TPSA) is 79.1 Å². The second kappa shape index (κ2) is 12.2. The van der Waals surface area contributed by atoms with Crippen LogP contribution in [-0.4, -0.2) is 30.4 Å². The molecule has 1 aliphatic rings. The van der Waals surface area contributed by atoms with Crippen LogP contribution in [0.5, 0.6) is 11.5 Å². The summed E-state index contributed by atoms with van der Waals surface area (Å²) in [5.41, 5.74) is 3.42. The highest BCUT2D eigenvalue weighted by atomic mass is 32.1. The highest BCUT2D eigenvalue weighted by molar-refractivity contribution is 7.07. The van der Waals surface area contributed by atoms with E-state index in [1.807, 2.05) is 91.9 Å². The van der Waals surface area contributed by atoms with Gasteiger partial charge in [0, 0.05) is 5.56 Å². The van der Waals surface area contributed by atoms with Gasteiger partial charge >= 0.3 is 5.97 Å². The van der Waals surface area contributed by atoms with Gasteiger partial charge in [-0.3, -0.25) is 9.36 Å². The van der Waals surface area contributed by atoms with E-state index in [1.165, 1.54) is 16.9 Å². The van der Waals surface area contributed by atoms with Crippen molar-refractivity contribution < 1.29 is 19.0 Å². The second-order valence-corrected chi connectivity index (χ2v) is 10.3. The third kappa shape index (κ3) is 5.77. The summed E-state index contributed by atoms with van der Waals surface area (Å²) in [6.45, 7) is 6.52. The second-order valence-electron chi connectivity index (χ2n) is 9.26. The standard InChI is InChI=1S/C32H30N2O5S/c1-4-37-31(36)28-22(3)33-32-34(29(28)23-10-6-5-7-11-23)30(35)27(40-32)20-24-12-8-9-13-26(24)39-19-18-38-25-16-14-21(2)15-17-25/h5-17,20,29H,4,18-19H2,1-3H3. The molecule has 7 nitrogen and oxygen atoms in total. The Bertz CT molecular complexity index is 1720. The van der Waals surface area contributed by atoms with Gasteiger partial charge < -0.3 is 14.2 Å². The number of allylic oxidation sites excluding steroid dienone is 1. The summed E-state index contributed by atoms with van der Waals surface area (Å²) < 4.78 is 19.2. The van der Waals surface area contributed by atoms with Gasteiger partial charge in [0.05, 0.1) is 28.5 Å². The van der Waals surface area contributed by atoms with E-state index in [2.05, 4.69) is 4.99 Å². The lowest BCUT2D eigenvalue weighted by atomic mass is 9.96. The Balaban J connectivity index is 1.47. The number of aryl methyl sites for hydroxylation is 1. The molecule has 3 aromatic carbocycles. The van der Waals surface area contributed by atoms with Gasteiger partial charge in [-0.25, -0.2) is 9.79 Å². The number of hydrogen-bond acceptors (Lipinski definition) is 7. The first kappa shape index (κ1) is 27.1. The molecule has 204 valence electrons. The van der Waals surface area contributed by atoms with Crippen LogP contribution in [-0.2, 0) is 9.53 Å². The van der Waals surface area contributed by atoms with Crippen LogP contribution in [0, 0.1) is 6.92 Å². The van der Waals surface area contributed by atoms with E-state index < -0.39 is 12.0 Å². The Morgan fingerprint density at radius 3 is 2.40 bits per heavy atom. The SMILES string of the molecule is CCOC(=O)C1=C(C)N=c2sc(=Cc3ccccc3OCCOc3ccc(C)cc3)c(=O)n2C1c1ccccc1. The first-order chi connectivity index (χ1) is 19.5. The monoisotopic (exact) mass is 554 g/mol. The summed E-state index contributed by atoms with van der Waals surface area (Å²) in [5, 5.41) is 0. The summed E-state index contributed by atoms with van der Waals surface area (Å²) >= 11 is 1.28. The van der Waals surface area contributed by atoms with Gasteiger partial charge in [0.25, 0.3) is 5.56 Å². The zero-order valence-corrected chi connectivity index (χ0v) is 23.4. The number of benzene rings is 3. The van der Waals surface area contributed by atoms with Crippen molar-refractivity contribution in [3.05, 3.63) is 127 Å². The number of aromatic nitrogens is 1. The van der Waals surface area contributed by atoms with E-state index in [4.69, 9.17) is 14.2 Å². The first-order valence-corrected chi connectivity index (χ1v) is 13.9. The van der Waals surface area contributed by atoms with E-state index in [0.29, 0.717) is 39.6 Å².